The van der Waals surface area contributed by atoms with Gasteiger partial charge < -0.3 is 15.1 Å². The fourth-order valence-corrected chi connectivity index (χ4v) is 2.81. The van der Waals surface area contributed by atoms with Gasteiger partial charge in [0.05, 0.1) is 0 Å². The normalized spacial score (nSPS) is 24.7. The van der Waals surface area contributed by atoms with Gasteiger partial charge in [0.15, 0.2) is 0 Å². The molecular weight excluding hydrogens is 250 g/mol. The summed E-state index contributed by atoms with van der Waals surface area (Å²) in [4.78, 5) is 13.9. The molecule has 20 heavy (non-hydrogen) atoms. The summed E-state index contributed by atoms with van der Waals surface area (Å²) in [6, 6.07) is 1.20. The standard InChI is InChI=1S/C15H25N5/c1-12-11-19(2)6-3-7-20(12)15-17-9-13(10-18-15)8-16-14-4-5-14/h9-10,12,14,16H,3-8,11H2,1-2H3. The van der Waals surface area contributed by atoms with E-state index in [9.17, 15) is 0 Å². The second-order valence-electron chi connectivity index (χ2n) is 6.20. The Bertz CT molecular complexity index is 428. The molecule has 1 saturated carbocycles. The van der Waals surface area contributed by atoms with Crippen LogP contribution in [0.1, 0.15) is 31.7 Å². The Balaban J connectivity index is 1.63. The summed E-state index contributed by atoms with van der Waals surface area (Å²) in [6.07, 6.45) is 7.75. The van der Waals surface area contributed by atoms with E-state index in [-0.39, 0.29) is 0 Å². The summed E-state index contributed by atoms with van der Waals surface area (Å²) < 4.78 is 0. The summed E-state index contributed by atoms with van der Waals surface area (Å²) in [5.41, 5.74) is 1.18. The predicted molar refractivity (Wildman–Crippen MR) is 80.8 cm³/mol. The summed E-state index contributed by atoms with van der Waals surface area (Å²) in [6.45, 7) is 6.43. The average molecular weight is 275 g/mol. The Labute approximate surface area is 121 Å². The van der Waals surface area contributed by atoms with Gasteiger partial charge in [0.1, 0.15) is 0 Å². The molecule has 5 nitrogen and oxygen atoms in total. The van der Waals surface area contributed by atoms with Crippen molar-refractivity contribution < 1.29 is 0 Å². The largest absolute Gasteiger partial charge is 0.337 e. The van der Waals surface area contributed by atoms with Gasteiger partial charge >= 0.3 is 0 Å². The molecule has 0 aromatic carbocycles. The van der Waals surface area contributed by atoms with Crippen LogP contribution in [0.2, 0.25) is 0 Å². The first-order valence-corrected chi connectivity index (χ1v) is 7.72. The highest BCUT2D eigenvalue weighted by Crippen LogP contribution is 2.19. The maximum atomic E-state index is 4.57. The van der Waals surface area contributed by atoms with E-state index in [4.69, 9.17) is 0 Å². The Morgan fingerprint density at radius 3 is 2.70 bits per heavy atom. The van der Waals surface area contributed by atoms with Gasteiger partial charge in [-0.1, -0.05) is 0 Å². The molecule has 3 rings (SSSR count). The molecule has 0 bridgehead atoms. The number of anilines is 1. The van der Waals surface area contributed by atoms with Crippen molar-refractivity contribution in [3.63, 3.8) is 0 Å². The Morgan fingerprint density at radius 2 is 2.00 bits per heavy atom. The number of aromatic nitrogens is 2. The number of rotatable bonds is 4. The lowest BCUT2D eigenvalue weighted by molar-refractivity contribution is 0.337. The van der Waals surface area contributed by atoms with E-state index in [0.29, 0.717) is 6.04 Å². The van der Waals surface area contributed by atoms with Gasteiger partial charge in [0.25, 0.3) is 0 Å². The van der Waals surface area contributed by atoms with E-state index in [1.165, 1.54) is 24.8 Å². The van der Waals surface area contributed by atoms with Gasteiger partial charge in [-0.3, -0.25) is 0 Å². The van der Waals surface area contributed by atoms with Gasteiger partial charge in [0.2, 0.25) is 5.95 Å². The van der Waals surface area contributed by atoms with Crippen molar-refractivity contribution in [1.29, 1.82) is 0 Å². The van der Waals surface area contributed by atoms with Crippen LogP contribution in [0, 0.1) is 0 Å². The van der Waals surface area contributed by atoms with Crippen molar-refractivity contribution in [2.24, 2.45) is 0 Å². The van der Waals surface area contributed by atoms with E-state index in [1.54, 1.807) is 0 Å². The molecular formula is C15H25N5. The van der Waals surface area contributed by atoms with Crippen LogP contribution in [0.4, 0.5) is 5.95 Å². The fraction of sp³-hybridized carbons (Fsp3) is 0.733. The Kier molecular flexibility index (Phi) is 4.17. The van der Waals surface area contributed by atoms with E-state index < -0.39 is 0 Å². The molecule has 1 N–H and O–H groups in total. The molecule has 0 amide bonds. The molecule has 1 aliphatic carbocycles. The second kappa shape index (κ2) is 6.06. The van der Waals surface area contributed by atoms with Crippen molar-refractivity contribution in [3.05, 3.63) is 18.0 Å². The van der Waals surface area contributed by atoms with Crippen LogP contribution >= 0.6 is 0 Å². The lowest BCUT2D eigenvalue weighted by atomic mass is 10.3. The van der Waals surface area contributed by atoms with Crippen LogP contribution in [0.15, 0.2) is 12.4 Å². The summed E-state index contributed by atoms with van der Waals surface area (Å²) in [5.74, 6) is 0.878. The predicted octanol–water partition coefficient (Wildman–Crippen LogP) is 1.26. The van der Waals surface area contributed by atoms with Gasteiger partial charge in [0, 0.05) is 49.7 Å². The van der Waals surface area contributed by atoms with Crippen molar-refractivity contribution in [1.82, 2.24) is 20.2 Å². The molecule has 1 aromatic rings. The molecule has 0 spiro atoms. The van der Waals surface area contributed by atoms with Crippen molar-refractivity contribution in [3.8, 4) is 0 Å². The van der Waals surface area contributed by atoms with Crippen molar-refractivity contribution in [2.75, 3.05) is 31.6 Å². The zero-order valence-electron chi connectivity index (χ0n) is 12.5. The zero-order valence-corrected chi connectivity index (χ0v) is 12.5. The number of hydrogen-bond donors (Lipinski definition) is 1. The van der Waals surface area contributed by atoms with Gasteiger partial charge in [-0.05, 0) is 39.8 Å². The van der Waals surface area contributed by atoms with Crippen LogP contribution in [-0.2, 0) is 6.54 Å². The minimum absolute atomic E-state index is 0.470. The number of likely N-dealkylation sites (N-methyl/N-ethyl adjacent to an activating group) is 1. The quantitative estimate of drug-likeness (QED) is 0.896. The molecule has 5 heteroatoms. The van der Waals surface area contributed by atoms with E-state index in [0.717, 1.165) is 38.2 Å². The third-order valence-corrected chi connectivity index (χ3v) is 4.17. The molecule has 110 valence electrons. The first-order chi connectivity index (χ1) is 9.72. The molecule has 2 aliphatic rings. The van der Waals surface area contributed by atoms with Crippen molar-refractivity contribution >= 4 is 5.95 Å². The maximum Gasteiger partial charge on any atom is 0.225 e. The molecule has 1 unspecified atom stereocenters. The maximum absolute atomic E-state index is 4.57. The minimum atomic E-state index is 0.470. The molecule has 1 aromatic heterocycles. The Morgan fingerprint density at radius 1 is 1.25 bits per heavy atom. The molecule has 2 fully saturated rings. The highest BCUT2D eigenvalue weighted by Gasteiger charge is 2.22. The SMILES string of the molecule is CC1CN(C)CCCN1c1ncc(CNC2CC2)cn1. The lowest BCUT2D eigenvalue weighted by Gasteiger charge is -2.27. The highest BCUT2D eigenvalue weighted by molar-refractivity contribution is 5.32. The third kappa shape index (κ3) is 3.46. The monoisotopic (exact) mass is 275 g/mol. The molecule has 1 aliphatic heterocycles. The van der Waals surface area contributed by atoms with Crippen LogP contribution in [0.3, 0.4) is 0 Å². The highest BCUT2D eigenvalue weighted by atomic mass is 15.3. The number of hydrogen-bond acceptors (Lipinski definition) is 5. The molecule has 1 saturated heterocycles. The van der Waals surface area contributed by atoms with Gasteiger partial charge in [-0.2, -0.15) is 0 Å². The summed E-state index contributed by atoms with van der Waals surface area (Å²) >= 11 is 0. The third-order valence-electron chi connectivity index (χ3n) is 4.17. The smallest absolute Gasteiger partial charge is 0.225 e. The van der Waals surface area contributed by atoms with Crippen LogP contribution in [-0.4, -0.2) is 53.6 Å². The van der Waals surface area contributed by atoms with Crippen LogP contribution in [0.5, 0.6) is 0 Å². The topological polar surface area (TPSA) is 44.3 Å². The average Bonchev–Trinajstić information content (AvgIpc) is 3.26. The lowest BCUT2D eigenvalue weighted by Crippen LogP contribution is -2.39. The first-order valence-electron chi connectivity index (χ1n) is 7.72. The van der Waals surface area contributed by atoms with Gasteiger partial charge in [-0.25, -0.2) is 9.97 Å². The van der Waals surface area contributed by atoms with E-state index in [1.807, 2.05) is 12.4 Å². The number of nitrogens with zero attached hydrogens (tertiary/aromatic N) is 4. The minimum Gasteiger partial charge on any atom is -0.337 e. The zero-order chi connectivity index (χ0) is 13.9. The summed E-state index contributed by atoms with van der Waals surface area (Å²) in [7, 11) is 2.19. The van der Waals surface area contributed by atoms with Gasteiger partial charge in [-0.15, -0.1) is 0 Å². The fourth-order valence-electron chi connectivity index (χ4n) is 2.81. The molecule has 1 atom stereocenters. The molecule has 2 heterocycles. The first kappa shape index (κ1) is 13.8. The Hall–Kier alpha value is -1.20. The van der Waals surface area contributed by atoms with Crippen LogP contribution in [0.25, 0.3) is 0 Å². The summed E-state index contributed by atoms with van der Waals surface area (Å²) in [5, 5.41) is 3.50. The molecule has 0 radical (unpaired) electrons. The van der Waals surface area contributed by atoms with E-state index in [2.05, 4.69) is 39.1 Å². The second-order valence-corrected chi connectivity index (χ2v) is 6.20. The van der Waals surface area contributed by atoms with Crippen molar-refractivity contribution in [2.45, 2.75) is 44.8 Å². The van der Waals surface area contributed by atoms with E-state index >= 15 is 0 Å². The van der Waals surface area contributed by atoms with Crippen LogP contribution < -0.4 is 10.2 Å². The number of nitrogens with one attached hydrogen (secondary N) is 1.